The molecule has 1 saturated carbocycles. The number of fused-ring (bicyclic) bond motifs is 7. The zero-order chi connectivity index (χ0) is 45.1. The molecule has 2 aliphatic carbocycles. The lowest BCUT2D eigenvalue weighted by molar-refractivity contribution is 0.445. The van der Waals surface area contributed by atoms with E-state index in [1.807, 2.05) is 11.3 Å². The Morgan fingerprint density at radius 1 is 0.515 bits per heavy atom. The molecule has 68 heavy (non-hydrogen) atoms. The van der Waals surface area contributed by atoms with E-state index in [2.05, 4.69) is 235 Å². The fourth-order valence-electron chi connectivity index (χ4n) is 12.1. The summed E-state index contributed by atoms with van der Waals surface area (Å²) < 4.78 is 5.10. The van der Waals surface area contributed by atoms with Gasteiger partial charge < -0.3 is 9.47 Å². The van der Waals surface area contributed by atoms with E-state index in [1.54, 1.807) is 0 Å². The van der Waals surface area contributed by atoms with Crippen molar-refractivity contribution in [1.29, 1.82) is 0 Å². The van der Waals surface area contributed by atoms with Gasteiger partial charge in [0.05, 0.1) is 17.1 Å². The summed E-state index contributed by atoms with van der Waals surface area (Å²) in [4.78, 5) is 2.67. The molecule has 13 rings (SSSR count). The molecule has 0 spiro atoms. The van der Waals surface area contributed by atoms with Crippen LogP contribution in [0, 0.1) is 5.92 Å². The van der Waals surface area contributed by atoms with Crippen molar-refractivity contribution >= 4 is 81.0 Å². The number of rotatable bonds is 8. The van der Waals surface area contributed by atoms with Crippen molar-refractivity contribution in [2.45, 2.75) is 51.0 Å². The van der Waals surface area contributed by atoms with Crippen molar-refractivity contribution < 1.29 is 0 Å². The lowest BCUT2D eigenvalue weighted by Crippen LogP contribution is -2.37. The Balaban J connectivity index is 1.02. The Bertz CT molecular complexity index is 3760. The van der Waals surface area contributed by atoms with Gasteiger partial charge in [-0.1, -0.05) is 190 Å². The lowest BCUT2D eigenvalue weighted by atomic mass is 9.80. The lowest BCUT2D eigenvalue weighted by Gasteiger charge is -2.39. The number of nitrogens with zero attached hydrogens (tertiary/aromatic N) is 2. The average Bonchev–Trinajstić information content (AvgIpc) is 3.96. The zero-order valence-electron chi connectivity index (χ0n) is 38.4. The van der Waals surface area contributed by atoms with E-state index in [1.165, 1.54) is 141 Å². The topological polar surface area (TPSA) is 8.17 Å². The minimum atomic E-state index is 0.00938. The highest BCUT2D eigenvalue weighted by atomic mass is 32.1. The van der Waals surface area contributed by atoms with Gasteiger partial charge in [-0.3, -0.25) is 0 Å². The van der Waals surface area contributed by atoms with Gasteiger partial charge in [0.2, 0.25) is 0 Å². The predicted octanol–water partition coefficient (Wildman–Crippen LogP) is 18.5. The number of allylic oxidation sites excluding steroid dienone is 2. The number of thiophene rings is 1. The highest BCUT2D eigenvalue weighted by molar-refractivity contribution is 7.25. The van der Waals surface area contributed by atoms with Gasteiger partial charge in [-0.25, -0.2) is 0 Å². The first-order chi connectivity index (χ1) is 33.7. The van der Waals surface area contributed by atoms with Gasteiger partial charge in [-0.05, 0) is 118 Å². The van der Waals surface area contributed by atoms with E-state index in [-0.39, 0.29) is 12.0 Å². The van der Waals surface area contributed by atoms with Gasteiger partial charge in [0.25, 0.3) is 0 Å². The molecular weight excluding hydrogens is 841 g/mol. The normalized spacial score (nSPS) is 16.6. The van der Waals surface area contributed by atoms with E-state index >= 15 is 0 Å². The molecule has 328 valence electrons. The molecule has 0 radical (unpaired) electrons. The third-order valence-electron chi connectivity index (χ3n) is 15.2. The first kappa shape index (κ1) is 40.8. The molecule has 2 aromatic heterocycles. The summed E-state index contributed by atoms with van der Waals surface area (Å²) in [6.45, 7) is 2.45. The van der Waals surface area contributed by atoms with Crippen LogP contribution in [0.3, 0.4) is 0 Å². The smallest absolute Gasteiger partial charge is 0.0591 e. The van der Waals surface area contributed by atoms with E-state index < -0.39 is 0 Å². The summed E-state index contributed by atoms with van der Waals surface area (Å²) >= 11 is 1.90. The van der Waals surface area contributed by atoms with E-state index in [0.29, 0.717) is 5.92 Å². The molecule has 0 bridgehead atoms. The first-order valence-electron chi connectivity index (χ1n) is 24.6. The summed E-state index contributed by atoms with van der Waals surface area (Å²) in [6.07, 6.45) is 13.6. The molecule has 3 heteroatoms. The Hall–Kier alpha value is -7.46. The molecular formula is C65H52N2S. The van der Waals surface area contributed by atoms with Crippen LogP contribution in [0.2, 0.25) is 0 Å². The maximum Gasteiger partial charge on any atom is 0.0591 e. The molecule has 2 heterocycles. The molecule has 2 nitrogen and oxygen atoms in total. The van der Waals surface area contributed by atoms with Crippen LogP contribution in [0.25, 0.3) is 86.3 Å². The van der Waals surface area contributed by atoms with Gasteiger partial charge in [0.1, 0.15) is 0 Å². The van der Waals surface area contributed by atoms with Gasteiger partial charge >= 0.3 is 0 Å². The maximum absolute atomic E-state index is 2.67. The second-order valence-corrected chi connectivity index (χ2v) is 20.1. The largest absolute Gasteiger partial charge is 0.333 e. The molecule has 9 aromatic carbocycles. The monoisotopic (exact) mass is 892 g/mol. The van der Waals surface area contributed by atoms with E-state index in [4.69, 9.17) is 0 Å². The maximum atomic E-state index is 2.67. The molecule has 2 aliphatic rings. The Labute approximate surface area is 402 Å². The first-order valence-corrected chi connectivity index (χ1v) is 25.4. The Morgan fingerprint density at radius 3 is 2.09 bits per heavy atom. The van der Waals surface area contributed by atoms with E-state index in [9.17, 15) is 0 Å². The SMILES string of the molecule is CC1C(c2cccc3sc4ccccc4c23)=CC=CC1N(c1cccc(-c2cccc3c2c2ccccc2n3-c2ccccc2)c1)c1ccccc1-c1cccc2cccc(C3CCCCC3)c12. The quantitative estimate of drug-likeness (QED) is 0.148. The minimum Gasteiger partial charge on any atom is -0.333 e. The molecule has 0 aliphatic heterocycles. The van der Waals surface area contributed by atoms with Gasteiger partial charge in [0.15, 0.2) is 0 Å². The molecule has 0 amide bonds. The molecule has 0 N–H and O–H groups in total. The van der Waals surface area contributed by atoms with Crippen LogP contribution >= 0.6 is 11.3 Å². The molecule has 1 fully saturated rings. The number of aromatic nitrogens is 1. The standard InChI is InChI=1S/C65H52N2S/c1-43-49(53-35-19-41-62-65(53)56-30-10-13-40-61(56)68-62)31-17-38-57(43)67(58-36-11-8-28-52(58)54-34-16-23-45-22-15-32-50(63(45)54)44-20-4-2-5-21-44)48-27-14-24-46(42-48)51-33-18-39-60-64(51)55-29-9-12-37-59(55)66(60)47-25-6-3-7-26-47/h3,6-19,22-44,57H,2,4-5,20-21H2,1H3. The summed E-state index contributed by atoms with van der Waals surface area (Å²) in [6, 6.07) is 75.0. The van der Waals surface area contributed by atoms with Crippen LogP contribution in [0.1, 0.15) is 56.1 Å². The molecule has 2 atom stereocenters. The summed E-state index contributed by atoms with van der Waals surface area (Å²) in [5.41, 5.74) is 15.2. The number of anilines is 2. The van der Waals surface area contributed by atoms with Crippen molar-refractivity contribution in [2.75, 3.05) is 4.90 Å². The summed E-state index contributed by atoms with van der Waals surface area (Å²) in [7, 11) is 0. The second-order valence-electron chi connectivity index (χ2n) is 19.0. The second kappa shape index (κ2) is 17.0. The van der Waals surface area contributed by atoms with Crippen molar-refractivity contribution in [3.63, 3.8) is 0 Å². The minimum absolute atomic E-state index is 0.00938. The van der Waals surface area contributed by atoms with Gasteiger partial charge in [-0.15, -0.1) is 11.3 Å². The van der Waals surface area contributed by atoms with Crippen LogP contribution in [-0.2, 0) is 0 Å². The summed E-state index contributed by atoms with van der Waals surface area (Å²) in [5.74, 6) is 0.729. The van der Waals surface area contributed by atoms with Crippen LogP contribution in [-0.4, -0.2) is 10.6 Å². The Morgan fingerprint density at radius 2 is 1.19 bits per heavy atom. The molecule has 0 saturated heterocycles. The predicted molar refractivity (Wildman–Crippen MR) is 293 cm³/mol. The number of hydrogen-bond donors (Lipinski definition) is 0. The highest BCUT2D eigenvalue weighted by Gasteiger charge is 2.32. The van der Waals surface area contributed by atoms with Gasteiger partial charge in [0, 0.05) is 59.5 Å². The highest BCUT2D eigenvalue weighted by Crippen LogP contribution is 2.49. The van der Waals surface area contributed by atoms with Crippen molar-refractivity contribution in [3.8, 4) is 27.9 Å². The molecule has 11 aromatic rings. The Kier molecular flexibility index (Phi) is 10.2. The third-order valence-corrected chi connectivity index (χ3v) is 16.3. The van der Waals surface area contributed by atoms with Crippen molar-refractivity contribution in [2.24, 2.45) is 5.92 Å². The molecule has 2 unspecified atom stereocenters. The fourth-order valence-corrected chi connectivity index (χ4v) is 13.2. The summed E-state index contributed by atoms with van der Waals surface area (Å²) in [5, 5.41) is 7.97. The average molecular weight is 893 g/mol. The van der Waals surface area contributed by atoms with Gasteiger partial charge in [-0.2, -0.15) is 0 Å². The third kappa shape index (κ3) is 6.74. The van der Waals surface area contributed by atoms with Crippen LogP contribution < -0.4 is 4.90 Å². The zero-order valence-corrected chi connectivity index (χ0v) is 39.2. The van der Waals surface area contributed by atoms with Crippen LogP contribution in [0.4, 0.5) is 11.4 Å². The number of hydrogen-bond acceptors (Lipinski definition) is 2. The fraction of sp³-hybridized carbons (Fsp3) is 0.138. The number of para-hydroxylation sites is 3. The van der Waals surface area contributed by atoms with E-state index in [0.717, 1.165) is 0 Å². The number of benzene rings is 9. The van der Waals surface area contributed by atoms with Crippen LogP contribution in [0.15, 0.2) is 218 Å². The van der Waals surface area contributed by atoms with Crippen LogP contribution in [0.5, 0.6) is 0 Å². The van der Waals surface area contributed by atoms with Crippen molar-refractivity contribution in [1.82, 2.24) is 4.57 Å². The van der Waals surface area contributed by atoms with Crippen molar-refractivity contribution in [3.05, 3.63) is 230 Å².